The van der Waals surface area contributed by atoms with E-state index in [1.165, 1.54) is 33.5 Å². The van der Waals surface area contributed by atoms with Crippen molar-refractivity contribution in [2.45, 2.75) is 30.7 Å². The number of aliphatic hydroxyl groups excluding tert-OH is 4. The SMILES string of the molecule is COC(=O)c1cc(OC)c(O[C@@H]2O[C@H](CO)[C@@H](O)[C@@H](O)[C@H]2O)c(OC)c1. The maximum absolute atomic E-state index is 11.7. The Bertz CT molecular complexity index is 606. The predicted molar refractivity (Wildman–Crippen MR) is 85.3 cm³/mol. The number of rotatable bonds is 6. The van der Waals surface area contributed by atoms with Crippen molar-refractivity contribution in [3.05, 3.63) is 17.7 Å². The third-order valence-electron chi connectivity index (χ3n) is 3.96. The van der Waals surface area contributed by atoms with Crippen molar-refractivity contribution in [1.82, 2.24) is 0 Å². The molecule has 1 aliphatic rings. The summed E-state index contributed by atoms with van der Waals surface area (Å²) in [6.45, 7) is -0.597. The summed E-state index contributed by atoms with van der Waals surface area (Å²) in [5, 5.41) is 39.0. The summed E-state index contributed by atoms with van der Waals surface area (Å²) in [6.07, 6.45) is -7.29. The lowest BCUT2D eigenvalue weighted by Crippen LogP contribution is -2.60. The molecule has 10 heteroatoms. The highest BCUT2D eigenvalue weighted by molar-refractivity contribution is 5.91. The molecule has 0 aromatic heterocycles. The van der Waals surface area contributed by atoms with Crippen LogP contribution >= 0.6 is 0 Å². The fraction of sp³-hybridized carbons (Fsp3) is 0.562. The van der Waals surface area contributed by atoms with Crippen LogP contribution in [-0.4, -0.2) is 85.0 Å². The molecule has 1 aromatic carbocycles. The van der Waals surface area contributed by atoms with Gasteiger partial charge in [0.15, 0.2) is 11.5 Å². The van der Waals surface area contributed by atoms with Crippen molar-refractivity contribution in [2.75, 3.05) is 27.9 Å². The molecule has 0 bridgehead atoms. The van der Waals surface area contributed by atoms with Crippen LogP contribution in [0.4, 0.5) is 0 Å². The number of methoxy groups -OCH3 is 3. The Kier molecular flexibility index (Phi) is 6.62. The van der Waals surface area contributed by atoms with Gasteiger partial charge in [0.25, 0.3) is 0 Å². The largest absolute Gasteiger partial charge is 0.493 e. The molecule has 0 unspecified atom stereocenters. The number of carbonyl (C=O) groups excluding carboxylic acids is 1. The summed E-state index contributed by atoms with van der Waals surface area (Å²) >= 11 is 0. The van der Waals surface area contributed by atoms with Crippen molar-refractivity contribution >= 4 is 5.97 Å². The van der Waals surface area contributed by atoms with Crippen LogP contribution in [-0.2, 0) is 9.47 Å². The molecule has 0 amide bonds. The second-order valence-corrected chi connectivity index (χ2v) is 5.52. The molecule has 10 nitrogen and oxygen atoms in total. The van der Waals surface area contributed by atoms with E-state index in [-0.39, 0.29) is 22.8 Å². The van der Waals surface area contributed by atoms with Crippen LogP contribution in [0.25, 0.3) is 0 Å². The van der Waals surface area contributed by atoms with Crippen LogP contribution in [0.15, 0.2) is 12.1 Å². The summed E-state index contributed by atoms with van der Waals surface area (Å²) in [5.41, 5.74) is 0.141. The molecule has 4 N–H and O–H groups in total. The van der Waals surface area contributed by atoms with E-state index in [0.717, 1.165) is 0 Å². The van der Waals surface area contributed by atoms with Crippen molar-refractivity contribution in [3.63, 3.8) is 0 Å². The molecule has 5 atom stereocenters. The molecule has 26 heavy (non-hydrogen) atoms. The maximum Gasteiger partial charge on any atom is 0.338 e. The van der Waals surface area contributed by atoms with E-state index < -0.39 is 43.3 Å². The average Bonchev–Trinajstić information content (AvgIpc) is 2.67. The van der Waals surface area contributed by atoms with Crippen LogP contribution in [0.2, 0.25) is 0 Å². The van der Waals surface area contributed by atoms with Gasteiger partial charge >= 0.3 is 5.97 Å². The van der Waals surface area contributed by atoms with Gasteiger partial charge in [0.05, 0.1) is 33.5 Å². The topological polar surface area (TPSA) is 144 Å². The number of aliphatic hydroxyl groups is 4. The molecular formula is C16H22O10. The second kappa shape index (κ2) is 8.52. The minimum atomic E-state index is -1.61. The van der Waals surface area contributed by atoms with Gasteiger partial charge in [0, 0.05) is 0 Å². The quantitative estimate of drug-likeness (QED) is 0.442. The van der Waals surface area contributed by atoms with E-state index in [1.54, 1.807) is 0 Å². The lowest BCUT2D eigenvalue weighted by molar-refractivity contribution is -0.277. The lowest BCUT2D eigenvalue weighted by Gasteiger charge is -2.39. The highest BCUT2D eigenvalue weighted by atomic mass is 16.7. The van der Waals surface area contributed by atoms with Crippen molar-refractivity contribution in [2.24, 2.45) is 0 Å². The minimum Gasteiger partial charge on any atom is -0.493 e. The van der Waals surface area contributed by atoms with Crippen LogP contribution < -0.4 is 14.2 Å². The fourth-order valence-electron chi connectivity index (χ4n) is 2.51. The Morgan fingerprint density at radius 2 is 1.62 bits per heavy atom. The van der Waals surface area contributed by atoms with E-state index in [1.807, 2.05) is 0 Å². The smallest absolute Gasteiger partial charge is 0.338 e. The van der Waals surface area contributed by atoms with Crippen molar-refractivity contribution in [1.29, 1.82) is 0 Å². The lowest BCUT2D eigenvalue weighted by atomic mass is 9.99. The Labute approximate surface area is 149 Å². The Hall–Kier alpha value is -2.11. The van der Waals surface area contributed by atoms with E-state index in [2.05, 4.69) is 4.74 Å². The van der Waals surface area contributed by atoms with Gasteiger partial charge in [0.1, 0.15) is 24.4 Å². The van der Waals surface area contributed by atoms with Gasteiger partial charge in [0.2, 0.25) is 12.0 Å². The Balaban J connectivity index is 2.37. The molecule has 0 saturated carbocycles. The van der Waals surface area contributed by atoms with Gasteiger partial charge in [-0.15, -0.1) is 0 Å². The summed E-state index contributed by atoms with van der Waals surface area (Å²) < 4.78 is 25.9. The molecule has 1 fully saturated rings. The summed E-state index contributed by atoms with van der Waals surface area (Å²) in [4.78, 5) is 11.7. The summed E-state index contributed by atoms with van der Waals surface area (Å²) in [7, 11) is 3.88. The van der Waals surface area contributed by atoms with Gasteiger partial charge in [-0.05, 0) is 12.1 Å². The molecular weight excluding hydrogens is 352 g/mol. The normalized spacial score (nSPS) is 28.3. The fourth-order valence-corrected chi connectivity index (χ4v) is 2.51. The third kappa shape index (κ3) is 3.84. The Morgan fingerprint density at radius 3 is 2.08 bits per heavy atom. The average molecular weight is 374 g/mol. The number of ether oxygens (including phenoxy) is 5. The molecule has 1 aliphatic heterocycles. The van der Waals surface area contributed by atoms with Gasteiger partial charge < -0.3 is 44.1 Å². The van der Waals surface area contributed by atoms with E-state index >= 15 is 0 Å². The molecule has 0 radical (unpaired) electrons. The molecule has 146 valence electrons. The maximum atomic E-state index is 11.7. The zero-order chi connectivity index (χ0) is 19.4. The highest BCUT2D eigenvalue weighted by Crippen LogP contribution is 2.40. The van der Waals surface area contributed by atoms with E-state index in [0.29, 0.717) is 0 Å². The molecule has 1 heterocycles. The standard InChI is InChI=1S/C16H22O10/c1-22-8-4-7(15(21)24-3)5-9(23-2)14(8)26-16-13(20)12(19)11(18)10(6-17)25-16/h4-5,10-13,16-20H,6H2,1-3H3/t10-,11-,12-,13-,16+/m1/s1. The zero-order valence-electron chi connectivity index (χ0n) is 14.5. The van der Waals surface area contributed by atoms with Gasteiger partial charge in [-0.1, -0.05) is 0 Å². The molecule has 1 saturated heterocycles. The first-order chi connectivity index (χ1) is 12.4. The van der Waals surface area contributed by atoms with Gasteiger partial charge in [-0.3, -0.25) is 0 Å². The summed E-state index contributed by atoms with van der Waals surface area (Å²) in [6, 6.07) is 2.68. The summed E-state index contributed by atoms with van der Waals surface area (Å²) in [5.74, 6) is -0.462. The predicted octanol–water partition coefficient (Wildman–Crippen LogP) is -1.33. The molecule has 0 spiro atoms. The number of hydrogen-bond acceptors (Lipinski definition) is 10. The first-order valence-corrected chi connectivity index (χ1v) is 7.69. The first-order valence-electron chi connectivity index (χ1n) is 7.69. The van der Waals surface area contributed by atoms with Gasteiger partial charge in [-0.25, -0.2) is 4.79 Å². The van der Waals surface area contributed by atoms with E-state index in [4.69, 9.17) is 18.9 Å². The van der Waals surface area contributed by atoms with Crippen LogP contribution in [0.5, 0.6) is 17.2 Å². The van der Waals surface area contributed by atoms with Crippen LogP contribution in [0.1, 0.15) is 10.4 Å². The number of hydrogen-bond donors (Lipinski definition) is 4. The molecule has 1 aromatic rings. The monoisotopic (exact) mass is 374 g/mol. The molecule has 2 rings (SSSR count). The number of esters is 1. The van der Waals surface area contributed by atoms with Crippen molar-refractivity contribution < 1.29 is 48.9 Å². The zero-order valence-corrected chi connectivity index (χ0v) is 14.5. The molecule has 0 aliphatic carbocycles. The first kappa shape index (κ1) is 20.2. The van der Waals surface area contributed by atoms with Crippen LogP contribution in [0.3, 0.4) is 0 Å². The number of benzene rings is 1. The minimum absolute atomic E-state index is 0.00742. The van der Waals surface area contributed by atoms with Crippen LogP contribution in [0, 0.1) is 0 Å². The Morgan fingerprint density at radius 1 is 1.04 bits per heavy atom. The number of carbonyl (C=O) groups is 1. The second-order valence-electron chi connectivity index (χ2n) is 5.52. The van der Waals surface area contributed by atoms with Crippen molar-refractivity contribution in [3.8, 4) is 17.2 Å². The highest BCUT2D eigenvalue weighted by Gasteiger charge is 2.45. The van der Waals surface area contributed by atoms with Gasteiger partial charge in [-0.2, -0.15) is 0 Å². The third-order valence-corrected chi connectivity index (χ3v) is 3.96. The van der Waals surface area contributed by atoms with E-state index in [9.17, 15) is 25.2 Å².